The molecular formula is C54H33N3O2. The summed E-state index contributed by atoms with van der Waals surface area (Å²) in [4.78, 5) is 11.7. The standard InChI is InChI=1S/C54H33N3O2/c1-2-8-37-29-38(14-13-34(37)7-1)39-21-27-45-40(30-39)15-16-41-31-44(26-28-46(41)45)57(43-24-19-36(20-25-43)54-56-50-10-4-6-12-52(50)59-54)42-22-17-35(18-23-42)48-32-55-33-49-47-9-3-5-11-51(47)58-53(48)49/h1-33H. The molecule has 0 radical (unpaired) electrons. The summed E-state index contributed by atoms with van der Waals surface area (Å²) in [6.07, 6.45) is 3.78. The number of para-hydroxylation sites is 3. The number of hydrogen-bond acceptors (Lipinski definition) is 5. The van der Waals surface area contributed by atoms with Gasteiger partial charge in [0.2, 0.25) is 5.89 Å². The summed E-state index contributed by atoms with van der Waals surface area (Å²) >= 11 is 0. The van der Waals surface area contributed by atoms with E-state index in [4.69, 9.17) is 13.8 Å². The van der Waals surface area contributed by atoms with Crippen LogP contribution < -0.4 is 4.90 Å². The molecule has 0 aliphatic rings. The molecule has 59 heavy (non-hydrogen) atoms. The maximum Gasteiger partial charge on any atom is 0.227 e. The first-order chi connectivity index (χ1) is 29.2. The third-order valence-electron chi connectivity index (χ3n) is 11.5. The number of nitrogens with zero attached hydrogens (tertiary/aromatic N) is 3. The van der Waals surface area contributed by atoms with E-state index in [0.717, 1.165) is 66.8 Å². The monoisotopic (exact) mass is 755 g/mol. The van der Waals surface area contributed by atoms with Crippen LogP contribution in [0, 0.1) is 0 Å². The zero-order valence-corrected chi connectivity index (χ0v) is 31.7. The highest BCUT2D eigenvalue weighted by molar-refractivity contribution is 6.10. The van der Waals surface area contributed by atoms with Gasteiger partial charge in [-0.3, -0.25) is 4.98 Å². The fourth-order valence-corrected chi connectivity index (χ4v) is 8.58. The lowest BCUT2D eigenvalue weighted by atomic mass is 9.96. The Balaban J connectivity index is 0.945. The molecule has 0 fully saturated rings. The van der Waals surface area contributed by atoms with Gasteiger partial charge in [-0.2, -0.15) is 0 Å². The summed E-state index contributed by atoms with van der Waals surface area (Å²) in [5.41, 5.74) is 11.7. The highest BCUT2D eigenvalue weighted by Gasteiger charge is 2.18. The van der Waals surface area contributed by atoms with E-state index in [1.165, 1.54) is 43.4 Å². The minimum atomic E-state index is 0.600. The molecular weight excluding hydrogens is 723 g/mol. The highest BCUT2D eigenvalue weighted by Crippen LogP contribution is 2.41. The van der Waals surface area contributed by atoms with Crippen LogP contribution in [0.3, 0.4) is 0 Å². The van der Waals surface area contributed by atoms with Crippen molar-refractivity contribution in [2.24, 2.45) is 0 Å². The van der Waals surface area contributed by atoms with Gasteiger partial charge in [-0.05, 0) is 128 Å². The number of hydrogen-bond donors (Lipinski definition) is 0. The Morgan fingerprint density at radius 2 is 0.966 bits per heavy atom. The maximum absolute atomic E-state index is 6.37. The molecule has 12 rings (SSSR count). The Bertz CT molecular complexity index is 3530. The predicted octanol–water partition coefficient (Wildman–Crippen LogP) is 15.1. The lowest BCUT2D eigenvalue weighted by Gasteiger charge is -2.26. The molecule has 0 saturated carbocycles. The summed E-state index contributed by atoms with van der Waals surface area (Å²) in [7, 11) is 0. The van der Waals surface area contributed by atoms with E-state index in [9.17, 15) is 0 Å². The normalized spacial score (nSPS) is 11.7. The van der Waals surface area contributed by atoms with E-state index in [2.05, 4.69) is 155 Å². The lowest BCUT2D eigenvalue weighted by Crippen LogP contribution is -2.09. The van der Waals surface area contributed by atoms with Gasteiger partial charge in [0.1, 0.15) is 16.7 Å². The van der Waals surface area contributed by atoms with Crippen molar-refractivity contribution in [2.75, 3.05) is 4.90 Å². The van der Waals surface area contributed by atoms with Crippen LogP contribution in [0.15, 0.2) is 209 Å². The first-order valence-corrected chi connectivity index (χ1v) is 19.8. The second-order valence-corrected chi connectivity index (χ2v) is 15.0. The fourth-order valence-electron chi connectivity index (χ4n) is 8.58. The molecule has 0 bridgehead atoms. The number of anilines is 3. The molecule has 0 atom stereocenters. The average Bonchev–Trinajstić information content (AvgIpc) is 3.91. The third kappa shape index (κ3) is 5.63. The minimum absolute atomic E-state index is 0.600. The van der Waals surface area contributed by atoms with E-state index in [1.807, 2.05) is 54.9 Å². The van der Waals surface area contributed by atoms with Crippen molar-refractivity contribution in [1.29, 1.82) is 0 Å². The third-order valence-corrected chi connectivity index (χ3v) is 11.5. The smallest absolute Gasteiger partial charge is 0.227 e. The van der Waals surface area contributed by atoms with E-state index < -0.39 is 0 Å². The molecule has 0 saturated heterocycles. The van der Waals surface area contributed by atoms with Crippen molar-refractivity contribution in [3.8, 4) is 33.7 Å². The Morgan fingerprint density at radius 3 is 1.76 bits per heavy atom. The summed E-state index contributed by atoms with van der Waals surface area (Å²) in [6, 6.07) is 66.3. The Hall–Kier alpha value is -8.02. The molecule has 0 spiro atoms. The summed E-state index contributed by atoms with van der Waals surface area (Å²) in [5.74, 6) is 0.600. The topological polar surface area (TPSA) is 55.3 Å². The lowest BCUT2D eigenvalue weighted by molar-refractivity contribution is 0.620. The van der Waals surface area contributed by atoms with Crippen molar-refractivity contribution in [3.05, 3.63) is 200 Å². The first kappa shape index (κ1) is 33.2. The zero-order chi connectivity index (χ0) is 38.9. The second kappa shape index (κ2) is 13.3. The van der Waals surface area contributed by atoms with Crippen molar-refractivity contribution in [2.45, 2.75) is 0 Å². The number of fused-ring (bicyclic) bond motifs is 8. The first-order valence-electron chi connectivity index (χ1n) is 19.8. The van der Waals surface area contributed by atoms with E-state index in [1.54, 1.807) is 0 Å². The molecule has 0 aliphatic carbocycles. The number of aromatic nitrogens is 2. The molecule has 5 nitrogen and oxygen atoms in total. The van der Waals surface area contributed by atoms with Crippen LogP contribution in [-0.4, -0.2) is 9.97 Å². The van der Waals surface area contributed by atoms with Gasteiger partial charge in [0.15, 0.2) is 5.58 Å². The number of benzene rings is 9. The molecule has 276 valence electrons. The van der Waals surface area contributed by atoms with E-state index in [0.29, 0.717) is 5.89 Å². The Labute approximate surface area is 339 Å². The molecule has 9 aromatic carbocycles. The Morgan fingerprint density at radius 1 is 0.373 bits per heavy atom. The zero-order valence-electron chi connectivity index (χ0n) is 31.7. The quantitative estimate of drug-likeness (QED) is 0.158. The summed E-state index contributed by atoms with van der Waals surface area (Å²) in [5, 5.41) is 9.40. The van der Waals surface area contributed by atoms with Crippen LogP contribution in [0.1, 0.15) is 0 Å². The molecule has 0 aliphatic heterocycles. The number of furan rings is 1. The predicted molar refractivity (Wildman–Crippen MR) is 243 cm³/mol. The second-order valence-electron chi connectivity index (χ2n) is 15.0. The van der Waals surface area contributed by atoms with Crippen molar-refractivity contribution in [3.63, 3.8) is 0 Å². The van der Waals surface area contributed by atoms with Gasteiger partial charge in [0.05, 0.1) is 0 Å². The van der Waals surface area contributed by atoms with Crippen molar-refractivity contribution in [1.82, 2.24) is 9.97 Å². The number of pyridine rings is 1. The van der Waals surface area contributed by atoms with E-state index in [-0.39, 0.29) is 0 Å². The maximum atomic E-state index is 6.37. The van der Waals surface area contributed by atoms with Gasteiger partial charge >= 0.3 is 0 Å². The van der Waals surface area contributed by atoms with Gasteiger partial charge in [-0.25, -0.2) is 4.98 Å². The molecule has 3 heterocycles. The van der Waals surface area contributed by atoms with Crippen LogP contribution in [-0.2, 0) is 0 Å². The van der Waals surface area contributed by atoms with Crippen LogP contribution in [0.4, 0.5) is 17.1 Å². The SMILES string of the molecule is c1ccc2cc(-c3ccc4c(ccc5cc(N(c6ccc(-c7nc8ccccc8o7)cc6)c6ccc(-c7cncc8c7oc7ccccc78)cc6)ccc54)c3)ccc2c1. The van der Waals surface area contributed by atoms with Crippen molar-refractivity contribution < 1.29 is 8.83 Å². The van der Waals surface area contributed by atoms with Gasteiger partial charge in [-0.1, -0.05) is 109 Å². The van der Waals surface area contributed by atoms with Gasteiger partial charge < -0.3 is 13.7 Å². The molecule has 0 amide bonds. The Kier molecular flexibility index (Phi) is 7.47. The van der Waals surface area contributed by atoms with Crippen LogP contribution in [0.2, 0.25) is 0 Å². The van der Waals surface area contributed by atoms with Crippen molar-refractivity contribution >= 4 is 82.4 Å². The molecule has 0 unspecified atom stereocenters. The summed E-state index contributed by atoms with van der Waals surface area (Å²) < 4.78 is 12.5. The van der Waals surface area contributed by atoms with Gasteiger partial charge in [-0.15, -0.1) is 0 Å². The largest absolute Gasteiger partial charge is 0.455 e. The van der Waals surface area contributed by atoms with Crippen LogP contribution in [0.25, 0.3) is 99.1 Å². The summed E-state index contributed by atoms with van der Waals surface area (Å²) in [6.45, 7) is 0. The molecule has 3 aromatic heterocycles. The van der Waals surface area contributed by atoms with Crippen LogP contribution >= 0.6 is 0 Å². The molecule has 0 N–H and O–H groups in total. The van der Waals surface area contributed by atoms with E-state index >= 15 is 0 Å². The number of rotatable bonds is 6. The van der Waals surface area contributed by atoms with Gasteiger partial charge in [0.25, 0.3) is 0 Å². The average molecular weight is 756 g/mol. The molecule has 5 heteroatoms. The highest BCUT2D eigenvalue weighted by atomic mass is 16.3. The minimum Gasteiger partial charge on any atom is -0.455 e. The number of oxazole rings is 1. The molecule has 12 aromatic rings. The van der Waals surface area contributed by atoms with Crippen LogP contribution in [0.5, 0.6) is 0 Å². The fraction of sp³-hybridized carbons (Fsp3) is 0. The van der Waals surface area contributed by atoms with Gasteiger partial charge in [0, 0.05) is 51.4 Å².